The predicted molar refractivity (Wildman–Crippen MR) is 122 cm³/mol. The van der Waals surface area contributed by atoms with E-state index in [1.54, 1.807) is 12.1 Å². The molecule has 9 heteroatoms. The lowest BCUT2D eigenvalue weighted by Gasteiger charge is -2.30. The van der Waals surface area contributed by atoms with E-state index in [-0.39, 0.29) is 0 Å². The summed E-state index contributed by atoms with van der Waals surface area (Å²) in [5, 5.41) is 20.3. The van der Waals surface area contributed by atoms with Crippen LogP contribution >= 0.6 is 0 Å². The zero-order chi connectivity index (χ0) is 21.8. The molecule has 9 nitrogen and oxygen atoms in total. The molecule has 2 saturated heterocycles. The summed E-state index contributed by atoms with van der Waals surface area (Å²) in [5.74, 6) is 1.44. The van der Waals surface area contributed by atoms with Crippen molar-refractivity contribution in [1.82, 2.24) is 25.1 Å². The van der Waals surface area contributed by atoms with E-state index < -0.39 is 0 Å². The summed E-state index contributed by atoms with van der Waals surface area (Å²) in [6.07, 6.45) is 7.86. The second-order valence-corrected chi connectivity index (χ2v) is 8.03. The minimum atomic E-state index is 0.373. The van der Waals surface area contributed by atoms with Crippen molar-refractivity contribution in [3.8, 4) is 17.2 Å². The molecular weight excluding hydrogens is 404 g/mol. The first-order chi connectivity index (χ1) is 15.8. The first kappa shape index (κ1) is 20.4. The summed E-state index contributed by atoms with van der Waals surface area (Å²) >= 11 is 0. The second-order valence-electron chi connectivity index (χ2n) is 8.03. The number of nitrogens with one attached hydrogen (secondary N) is 2. The number of rotatable bonds is 5. The van der Waals surface area contributed by atoms with Gasteiger partial charge in [-0.05, 0) is 37.1 Å². The average molecular weight is 431 g/mol. The summed E-state index contributed by atoms with van der Waals surface area (Å²) in [6, 6.07) is 9.78. The van der Waals surface area contributed by atoms with Crippen LogP contribution in [-0.4, -0.2) is 59.1 Å². The van der Waals surface area contributed by atoms with Gasteiger partial charge in [-0.15, -0.1) is 0 Å². The molecule has 0 atom stereocenters. The van der Waals surface area contributed by atoms with E-state index in [4.69, 9.17) is 15.0 Å². The van der Waals surface area contributed by atoms with Gasteiger partial charge in [-0.3, -0.25) is 4.68 Å². The van der Waals surface area contributed by atoms with Gasteiger partial charge in [0.05, 0.1) is 23.9 Å². The Morgan fingerprint density at radius 3 is 2.62 bits per heavy atom. The number of nitriles is 1. The van der Waals surface area contributed by atoms with Crippen LogP contribution in [0.1, 0.15) is 24.4 Å². The number of hydrogen-bond acceptors (Lipinski definition) is 8. The third kappa shape index (κ3) is 4.42. The molecule has 0 unspecified atom stereocenters. The molecule has 0 aliphatic carbocycles. The van der Waals surface area contributed by atoms with Gasteiger partial charge in [0.15, 0.2) is 0 Å². The number of nitrogens with zero attached hydrogens (tertiary/aromatic N) is 6. The monoisotopic (exact) mass is 430 g/mol. The second kappa shape index (κ2) is 9.34. The lowest BCUT2D eigenvalue weighted by atomic mass is 10.1. The van der Waals surface area contributed by atoms with Gasteiger partial charge < -0.3 is 20.3 Å². The van der Waals surface area contributed by atoms with Crippen LogP contribution in [0.4, 0.5) is 17.5 Å². The maximum Gasteiger partial charge on any atom is 0.229 e. The number of aromatic nitrogens is 4. The van der Waals surface area contributed by atoms with Crippen LogP contribution in [0.2, 0.25) is 0 Å². The minimum absolute atomic E-state index is 0.373. The number of ether oxygens (including phenoxy) is 1. The van der Waals surface area contributed by atoms with Gasteiger partial charge >= 0.3 is 0 Å². The van der Waals surface area contributed by atoms with Crippen LogP contribution in [-0.2, 0) is 4.74 Å². The molecule has 164 valence electrons. The summed E-state index contributed by atoms with van der Waals surface area (Å²) < 4.78 is 7.55. The van der Waals surface area contributed by atoms with E-state index in [1.165, 1.54) is 0 Å². The Bertz CT molecular complexity index is 1090. The van der Waals surface area contributed by atoms with Crippen LogP contribution in [0.15, 0.2) is 42.9 Å². The molecule has 2 N–H and O–H groups in total. The summed E-state index contributed by atoms with van der Waals surface area (Å²) in [5.41, 5.74) is 3.47. The van der Waals surface area contributed by atoms with Crippen molar-refractivity contribution in [2.24, 2.45) is 0 Å². The molecule has 2 aromatic heterocycles. The Kier molecular flexibility index (Phi) is 5.96. The van der Waals surface area contributed by atoms with E-state index in [2.05, 4.69) is 42.6 Å². The normalized spacial score (nSPS) is 17.2. The molecule has 32 heavy (non-hydrogen) atoms. The molecule has 0 saturated carbocycles. The lowest BCUT2D eigenvalue weighted by molar-refractivity contribution is 0.0662. The van der Waals surface area contributed by atoms with E-state index in [1.807, 2.05) is 24.5 Å². The highest BCUT2D eigenvalue weighted by atomic mass is 16.5. The Hall–Kier alpha value is -3.48. The highest BCUT2D eigenvalue weighted by molar-refractivity contribution is 5.76. The van der Waals surface area contributed by atoms with Crippen molar-refractivity contribution in [2.45, 2.75) is 18.9 Å². The van der Waals surface area contributed by atoms with Crippen LogP contribution in [0.5, 0.6) is 0 Å². The van der Waals surface area contributed by atoms with Crippen LogP contribution < -0.4 is 15.5 Å². The quantitative estimate of drug-likeness (QED) is 0.637. The molecule has 0 spiro atoms. The Labute approximate surface area is 187 Å². The van der Waals surface area contributed by atoms with Crippen molar-refractivity contribution in [3.05, 3.63) is 48.4 Å². The predicted octanol–water partition coefficient (Wildman–Crippen LogP) is 2.72. The molecule has 3 aromatic rings. The fourth-order valence-corrected chi connectivity index (χ4v) is 4.14. The minimum Gasteiger partial charge on any atom is -0.381 e. The molecule has 0 bridgehead atoms. The van der Waals surface area contributed by atoms with Crippen molar-refractivity contribution < 1.29 is 4.74 Å². The smallest absolute Gasteiger partial charge is 0.229 e. The molecule has 2 fully saturated rings. The molecule has 5 rings (SSSR count). The zero-order valence-corrected chi connectivity index (χ0v) is 17.9. The van der Waals surface area contributed by atoms with Gasteiger partial charge in [0.2, 0.25) is 5.95 Å². The van der Waals surface area contributed by atoms with Crippen LogP contribution in [0.3, 0.4) is 0 Å². The molecule has 0 radical (unpaired) electrons. The van der Waals surface area contributed by atoms with Crippen LogP contribution in [0.25, 0.3) is 11.1 Å². The van der Waals surface area contributed by atoms with Gasteiger partial charge in [-0.1, -0.05) is 0 Å². The molecule has 2 aliphatic rings. The van der Waals surface area contributed by atoms with E-state index in [0.717, 1.165) is 74.9 Å². The zero-order valence-electron chi connectivity index (χ0n) is 17.9. The third-order valence-corrected chi connectivity index (χ3v) is 5.93. The van der Waals surface area contributed by atoms with Gasteiger partial charge in [0.25, 0.3) is 0 Å². The van der Waals surface area contributed by atoms with E-state index >= 15 is 0 Å². The molecular formula is C23H26N8O. The highest BCUT2D eigenvalue weighted by Gasteiger charge is 2.21. The maximum atomic E-state index is 9.00. The first-order valence-electron chi connectivity index (χ1n) is 11.0. The lowest BCUT2D eigenvalue weighted by Crippen LogP contribution is -2.44. The van der Waals surface area contributed by atoms with Crippen molar-refractivity contribution in [3.63, 3.8) is 0 Å². The van der Waals surface area contributed by atoms with Gasteiger partial charge in [-0.2, -0.15) is 15.3 Å². The Morgan fingerprint density at radius 1 is 1.09 bits per heavy atom. The van der Waals surface area contributed by atoms with Crippen molar-refractivity contribution >= 4 is 17.5 Å². The average Bonchev–Trinajstić information content (AvgIpc) is 3.36. The highest BCUT2D eigenvalue weighted by Crippen LogP contribution is 2.31. The molecule has 2 aliphatic heterocycles. The van der Waals surface area contributed by atoms with E-state index in [9.17, 15) is 0 Å². The number of benzene rings is 1. The SMILES string of the molecule is N#Cc1ccc(Nc2ncc(-c3cnn(C4CCOCC4)c3)c(N3CCNCC3)n2)cc1. The standard InChI is InChI=1S/C23H26N8O/c24-13-17-1-3-19(4-2-17)28-23-26-15-21(22(29-23)30-9-7-25-8-10-30)18-14-27-31(16-18)20-5-11-32-12-6-20/h1-4,14-16,20,25H,5-12H2,(H,26,28,29). The number of piperazine rings is 1. The number of anilines is 3. The Balaban J connectivity index is 1.45. The third-order valence-electron chi connectivity index (χ3n) is 5.93. The fraction of sp³-hybridized carbons (Fsp3) is 0.391. The topological polar surface area (TPSA) is 104 Å². The van der Waals surface area contributed by atoms with Crippen molar-refractivity contribution in [2.75, 3.05) is 49.6 Å². The largest absolute Gasteiger partial charge is 0.381 e. The van der Waals surface area contributed by atoms with E-state index in [0.29, 0.717) is 17.6 Å². The summed E-state index contributed by atoms with van der Waals surface area (Å²) in [6.45, 7) is 5.17. The molecule has 4 heterocycles. The molecule has 1 aromatic carbocycles. The van der Waals surface area contributed by atoms with Gasteiger partial charge in [0.1, 0.15) is 5.82 Å². The maximum absolute atomic E-state index is 9.00. The van der Waals surface area contributed by atoms with Gasteiger partial charge in [0, 0.05) is 68.6 Å². The Morgan fingerprint density at radius 2 is 1.88 bits per heavy atom. The number of hydrogen-bond donors (Lipinski definition) is 2. The van der Waals surface area contributed by atoms with Crippen molar-refractivity contribution in [1.29, 1.82) is 5.26 Å². The molecule has 0 amide bonds. The summed E-state index contributed by atoms with van der Waals surface area (Å²) in [7, 11) is 0. The fourth-order valence-electron chi connectivity index (χ4n) is 4.14. The van der Waals surface area contributed by atoms with Gasteiger partial charge in [-0.25, -0.2) is 4.98 Å². The van der Waals surface area contributed by atoms with Crippen LogP contribution in [0, 0.1) is 11.3 Å². The first-order valence-corrected chi connectivity index (χ1v) is 11.0. The summed E-state index contributed by atoms with van der Waals surface area (Å²) in [4.78, 5) is 11.8.